The molecule has 0 fully saturated rings. The fraction of sp³-hybridized carbons (Fsp3) is 0.333. The minimum absolute atomic E-state index is 0.260. The van der Waals surface area contributed by atoms with Gasteiger partial charge in [-0.3, -0.25) is 4.79 Å². The zero-order valence-electron chi connectivity index (χ0n) is 9.36. The van der Waals surface area contributed by atoms with Gasteiger partial charge in [-0.25, -0.2) is 4.79 Å². The molecule has 0 spiro atoms. The van der Waals surface area contributed by atoms with Crippen LogP contribution in [0.25, 0.3) is 0 Å². The molecule has 0 bridgehead atoms. The van der Waals surface area contributed by atoms with E-state index in [1.165, 1.54) is 6.92 Å². The molecule has 1 aromatic rings. The average molecular weight is 221 g/mol. The van der Waals surface area contributed by atoms with Crippen molar-refractivity contribution in [3.63, 3.8) is 0 Å². The second kappa shape index (κ2) is 4.79. The molecule has 1 unspecified atom stereocenters. The third-order valence-corrected chi connectivity index (χ3v) is 2.49. The minimum atomic E-state index is -1.37. The summed E-state index contributed by atoms with van der Waals surface area (Å²) in [6.45, 7) is 3.17. The number of hydrogen-bond donors (Lipinski definition) is 2. The molecule has 0 saturated heterocycles. The van der Waals surface area contributed by atoms with Crippen molar-refractivity contribution in [1.82, 2.24) is 5.32 Å². The van der Waals surface area contributed by atoms with E-state index in [4.69, 9.17) is 0 Å². The van der Waals surface area contributed by atoms with Crippen LogP contribution < -0.4 is 5.32 Å². The molecule has 1 rings (SSSR count). The van der Waals surface area contributed by atoms with Crippen LogP contribution in [-0.4, -0.2) is 17.0 Å². The van der Waals surface area contributed by atoms with Crippen molar-refractivity contribution in [3.05, 3.63) is 35.9 Å². The van der Waals surface area contributed by atoms with Crippen molar-refractivity contribution in [3.8, 4) is 0 Å². The molecule has 4 heteroatoms. The smallest absolute Gasteiger partial charge is 0.333 e. The van der Waals surface area contributed by atoms with E-state index in [2.05, 4.69) is 5.32 Å². The summed E-state index contributed by atoms with van der Waals surface area (Å²) in [5, 5.41) is 11.7. The second-order valence-corrected chi connectivity index (χ2v) is 3.70. The van der Waals surface area contributed by atoms with E-state index in [1.54, 1.807) is 37.3 Å². The minimum Gasteiger partial charge on any atom is -0.479 e. The van der Waals surface area contributed by atoms with Gasteiger partial charge in [0.25, 0.3) is 0 Å². The first kappa shape index (κ1) is 12.2. The van der Waals surface area contributed by atoms with Crippen LogP contribution in [0.1, 0.15) is 25.8 Å². The molecular weight excluding hydrogens is 206 g/mol. The van der Waals surface area contributed by atoms with E-state index in [-0.39, 0.29) is 12.3 Å². The highest BCUT2D eigenvalue weighted by Crippen LogP contribution is 2.20. The number of benzene rings is 1. The topological polar surface area (TPSA) is 66.4 Å². The van der Waals surface area contributed by atoms with E-state index in [0.717, 1.165) is 0 Å². The third-order valence-electron chi connectivity index (χ3n) is 2.49. The number of aliphatic carboxylic acids is 1. The Balaban J connectivity index is 3.07. The number of carboxylic acids is 1. The zero-order valence-corrected chi connectivity index (χ0v) is 9.36. The molecule has 0 heterocycles. The Morgan fingerprint density at radius 2 is 1.88 bits per heavy atom. The molecule has 2 N–H and O–H groups in total. The number of nitrogens with one attached hydrogen (secondary N) is 1. The maximum atomic E-state index is 11.3. The maximum absolute atomic E-state index is 11.3. The number of carboxylic acid groups (broad SMARTS) is 1. The summed E-state index contributed by atoms with van der Waals surface area (Å²) in [7, 11) is 0. The summed E-state index contributed by atoms with van der Waals surface area (Å²) in [4.78, 5) is 22.6. The number of amides is 1. The first-order valence-corrected chi connectivity index (χ1v) is 5.10. The van der Waals surface area contributed by atoms with Crippen LogP contribution in [0.2, 0.25) is 0 Å². The lowest BCUT2D eigenvalue weighted by Crippen LogP contribution is -2.49. The summed E-state index contributed by atoms with van der Waals surface area (Å²) < 4.78 is 0. The van der Waals surface area contributed by atoms with Gasteiger partial charge >= 0.3 is 5.97 Å². The lowest BCUT2D eigenvalue weighted by Gasteiger charge is -2.26. The molecule has 1 amide bonds. The summed E-state index contributed by atoms with van der Waals surface area (Å²) >= 11 is 0. The predicted molar refractivity (Wildman–Crippen MR) is 59.9 cm³/mol. The summed E-state index contributed by atoms with van der Waals surface area (Å²) in [6.07, 6.45) is 0.260. The molecular formula is C12H15NO3. The number of hydrogen-bond acceptors (Lipinski definition) is 2. The van der Waals surface area contributed by atoms with E-state index in [0.29, 0.717) is 5.56 Å². The molecule has 0 aliphatic carbocycles. The Morgan fingerprint density at radius 1 is 1.31 bits per heavy atom. The summed E-state index contributed by atoms with van der Waals surface area (Å²) in [6, 6.07) is 8.66. The fourth-order valence-corrected chi connectivity index (χ4v) is 1.39. The Hall–Kier alpha value is -1.84. The van der Waals surface area contributed by atoms with Gasteiger partial charge in [0.2, 0.25) is 5.91 Å². The van der Waals surface area contributed by atoms with E-state index >= 15 is 0 Å². The molecule has 16 heavy (non-hydrogen) atoms. The first-order chi connectivity index (χ1) is 7.50. The zero-order chi connectivity index (χ0) is 12.2. The molecule has 0 aliphatic heterocycles. The van der Waals surface area contributed by atoms with Gasteiger partial charge in [-0.15, -0.1) is 0 Å². The van der Waals surface area contributed by atoms with Gasteiger partial charge < -0.3 is 10.4 Å². The van der Waals surface area contributed by atoms with Crippen LogP contribution in [-0.2, 0) is 15.1 Å². The van der Waals surface area contributed by atoms with Gasteiger partial charge in [0.1, 0.15) is 0 Å². The van der Waals surface area contributed by atoms with Crippen LogP contribution >= 0.6 is 0 Å². The largest absolute Gasteiger partial charge is 0.479 e. The van der Waals surface area contributed by atoms with E-state index in [1.807, 2.05) is 0 Å². The number of rotatable bonds is 4. The van der Waals surface area contributed by atoms with Gasteiger partial charge in [-0.05, 0) is 12.5 Å². The average Bonchev–Trinajstić information content (AvgIpc) is 2.29. The highest BCUT2D eigenvalue weighted by atomic mass is 16.4. The maximum Gasteiger partial charge on any atom is 0.333 e. The Bertz CT molecular complexity index is 389. The third kappa shape index (κ3) is 2.39. The standard InChI is InChI=1S/C12H15NO3/c1-3-10(14)13-12(2,11(15)16)9-7-5-4-6-8-9/h4-8H,3H2,1-2H3,(H,13,14)(H,15,16). The fourth-order valence-electron chi connectivity index (χ4n) is 1.39. The lowest BCUT2D eigenvalue weighted by molar-refractivity contribution is -0.147. The quantitative estimate of drug-likeness (QED) is 0.810. The van der Waals surface area contributed by atoms with Gasteiger partial charge in [-0.1, -0.05) is 37.3 Å². The molecule has 0 radical (unpaired) electrons. The van der Waals surface area contributed by atoms with Gasteiger partial charge in [0.15, 0.2) is 5.54 Å². The Labute approximate surface area is 94.3 Å². The van der Waals surface area contributed by atoms with Gasteiger partial charge in [0.05, 0.1) is 0 Å². The molecule has 1 atom stereocenters. The molecule has 4 nitrogen and oxygen atoms in total. The molecule has 0 saturated carbocycles. The Kier molecular flexibility index (Phi) is 3.66. The van der Waals surface area contributed by atoms with Crippen LogP contribution in [0.4, 0.5) is 0 Å². The Morgan fingerprint density at radius 3 is 2.31 bits per heavy atom. The first-order valence-electron chi connectivity index (χ1n) is 5.10. The van der Waals surface area contributed by atoms with Crippen LogP contribution in [0.3, 0.4) is 0 Å². The molecule has 0 aromatic heterocycles. The van der Waals surface area contributed by atoms with E-state index < -0.39 is 11.5 Å². The number of carbonyl (C=O) groups excluding carboxylic acids is 1. The summed E-state index contributed by atoms with van der Waals surface area (Å²) in [5.74, 6) is -1.35. The predicted octanol–water partition coefficient (Wildman–Crippen LogP) is 1.51. The van der Waals surface area contributed by atoms with Gasteiger partial charge in [-0.2, -0.15) is 0 Å². The SMILES string of the molecule is CCC(=O)NC(C)(C(=O)O)c1ccccc1. The molecule has 0 aliphatic rings. The normalized spacial score (nSPS) is 13.9. The molecule has 86 valence electrons. The molecule has 1 aromatic carbocycles. The van der Waals surface area contributed by atoms with Crippen LogP contribution in [0, 0.1) is 0 Å². The van der Waals surface area contributed by atoms with E-state index in [9.17, 15) is 14.7 Å². The highest BCUT2D eigenvalue weighted by Gasteiger charge is 2.36. The highest BCUT2D eigenvalue weighted by molar-refractivity contribution is 5.87. The van der Waals surface area contributed by atoms with Crippen molar-refractivity contribution in [2.24, 2.45) is 0 Å². The van der Waals surface area contributed by atoms with Crippen molar-refractivity contribution in [2.75, 3.05) is 0 Å². The van der Waals surface area contributed by atoms with Crippen molar-refractivity contribution < 1.29 is 14.7 Å². The van der Waals surface area contributed by atoms with Crippen molar-refractivity contribution >= 4 is 11.9 Å². The van der Waals surface area contributed by atoms with Crippen LogP contribution in [0.15, 0.2) is 30.3 Å². The second-order valence-electron chi connectivity index (χ2n) is 3.70. The summed E-state index contributed by atoms with van der Waals surface area (Å²) in [5.41, 5.74) is -0.807. The number of carbonyl (C=O) groups is 2. The lowest BCUT2D eigenvalue weighted by atomic mass is 9.92. The van der Waals surface area contributed by atoms with Gasteiger partial charge in [0, 0.05) is 6.42 Å². The van der Waals surface area contributed by atoms with Crippen LogP contribution in [0.5, 0.6) is 0 Å². The van der Waals surface area contributed by atoms with Crippen molar-refractivity contribution in [1.29, 1.82) is 0 Å². The van der Waals surface area contributed by atoms with Crippen molar-refractivity contribution in [2.45, 2.75) is 25.8 Å². The monoisotopic (exact) mass is 221 g/mol.